The fraction of sp³-hybridized carbons (Fsp3) is 0.667. The molecule has 0 radical (unpaired) electrons. The van der Waals surface area contributed by atoms with E-state index in [1.54, 1.807) is 0 Å². The van der Waals surface area contributed by atoms with E-state index in [4.69, 9.17) is 6.42 Å². The van der Waals surface area contributed by atoms with E-state index < -0.39 is 0 Å². The number of amides is 1. The first-order valence-corrected chi connectivity index (χ1v) is 5.55. The van der Waals surface area contributed by atoms with Gasteiger partial charge in [-0.3, -0.25) is 14.5 Å². The van der Waals surface area contributed by atoms with E-state index in [-0.39, 0.29) is 12.5 Å². The van der Waals surface area contributed by atoms with Gasteiger partial charge >= 0.3 is 0 Å². The minimum atomic E-state index is -0.0580. The largest absolute Gasteiger partial charge is 0.344 e. The van der Waals surface area contributed by atoms with Crippen molar-refractivity contribution >= 4 is 11.7 Å². The molecule has 0 aromatic carbocycles. The molecule has 0 bridgehead atoms. The van der Waals surface area contributed by atoms with Gasteiger partial charge < -0.3 is 5.32 Å². The standard InChI is InChI=1S/C12H18N2O2/c1-3-8-13-12(16)9-14(2)10-4-6-11(15)7-5-10/h1,10H,4-9H2,2H3,(H,13,16). The van der Waals surface area contributed by atoms with Gasteiger partial charge in [-0.25, -0.2) is 0 Å². The molecule has 0 aromatic heterocycles. The highest BCUT2D eigenvalue weighted by atomic mass is 16.2. The van der Waals surface area contributed by atoms with Gasteiger partial charge in [0, 0.05) is 18.9 Å². The lowest BCUT2D eigenvalue weighted by atomic mass is 9.93. The third kappa shape index (κ3) is 4.03. The molecule has 1 fully saturated rings. The number of hydrogen-bond donors (Lipinski definition) is 1. The van der Waals surface area contributed by atoms with Crippen molar-refractivity contribution in [2.24, 2.45) is 0 Å². The van der Waals surface area contributed by atoms with Gasteiger partial charge in [0.1, 0.15) is 5.78 Å². The summed E-state index contributed by atoms with van der Waals surface area (Å²) >= 11 is 0. The summed E-state index contributed by atoms with van der Waals surface area (Å²) in [4.78, 5) is 24.5. The van der Waals surface area contributed by atoms with E-state index in [9.17, 15) is 9.59 Å². The zero-order chi connectivity index (χ0) is 12.0. The number of nitrogens with zero attached hydrogens (tertiary/aromatic N) is 1. The van der Waals surface area contributed by atoms with E-state index in [1.807, 2.05) is 11.9 Å². The maximum Gasteiger partial charge on any atom is 0.234 e. The van der Waals surface area contributed by atoms with Crippen LogP contribution in [0.1, 0.15) is 25.7 Å². The molecule has 0 spiro atoms. The highest BCUT2D eigenvalue weighted by Crippen LogP contribution is 2.18. The van der Waals surface area contributed by atoms with Gasteiger partial charge in [0.15, 0.2) is 0 Å². The second kappa shape index (κ2) is 6.29. The molecule has 1 aliphatic carbocycles. The molecule has 1 amide bonds. The van der Waals surface area contributed by atoms with Crippen LogP contribution in [0.4, 0.5) is 0 Å². The molecular formula is C12H18N2O2. The minimum Gasteiger partial charge on any atom is -0.344 e. The molecule has 4 nitrogen and oxygen atoms in total. The maximum atomic E-state index is 11.4. The van der Waals surface area contributed by atoms with Crippen molar-refractivity contribution < 1.29 is 9.59 Å². The molecular weight excluding hydrogens is 204 g/mol. The van der Waals surface area contributed by atoms with Crippen molar-refractivity contribution in [1.82, 2.24) is 10.2 Å². The van der Waals surface area contributed by atoms with Gasteiger partial charge in [-0.1, -0.05) is 5.92 Å². The van der Waals surface area contributed by atoms with Crippen LogP contribution in [0.5, 0.6) is 0 Å². The number of Topliss-reactive ketones (excluding diaryl/α,β-unsaturated/α-hetero) is 1. The van der Waals surface area contributed by atoms with Crippen molar-refractivity contribution in [3.63, 3.8) is 0 Å². The summed E-state index contributed by atoms with van der Waals surface area (Å²) in [5.41, 5.74) is 0. The molecule has 0 unspecified atom stereocenters. The van der Waals surface area contributed by atoms with Gasteiger partial charge in [-0.2, -0.15) is 0 Å². The second-order valence-electron chi connectivity index (χ2n) is 4.17. The third-order valence-corrected chi connectivity index (χ3v) is 2.92. The van der Waals surface area contributed by atoms with Crippen LogP contribution >= 0.6 is 0 Å². The SMILES string of the molecule is C#CCNC(=O)CN(C)C1CCC(=O)CC1. The van der Waals surface area contributed by atoms with E-state index in [0.717, 1.165) is 12.8 Å². The number of carbonyl (C=O) groups excluding carboxylic acids is 2. The van der Waals surface area contributed by atoms with Crippen LogP contribution in [-0.2, 0) is 9.59 Å². The van der Waals surface area contributed by atoms with Gasteiger partial charge in [0.2, 0.25) is 5.91 Å². The number of carbonyl (C=O) groups is 2. The Labute approximate surface area is 96.4 Å². The number of hydrogen-bond acceptors (Lipinski definition) is 3. The minimum absolute atomic E-state index is 0.0580. The first-order chi connectivity index (χ1) is 7.63. The van der Waals surface area contributed by atoms with Crippen LogP contribution in [0.2, 0.25) is 0 Å². The molecule has 1 rings (SSSR count). The highest BCUT2D eigenvalue weighted by Gasteiger charge is 2.23. The Hall–Kier alpha value is -1.34. The molecule has 88 valence electrons. The normalized spacial score (nSPS) is 17.2. The van der Waals surface area contributed by atoms with E-state index in [1.165, 1.54) is 0 Å². The van der Waals surface area contributed by atoms with Crippen molar-refractivity contribution in [3.8, 4) is 12.3 Å². The Bertz CT molecular complexity index is 297. The summed E-state index contributed by atoms with van der Waals surface area (Å²) in [6.45, 7) is 0.621. The average Bonchev–Trinajstić information content (AvgIpc) is 2.27. The molecule has 1 aliphatic rings. The van der Waals surface area contributed by atoms with Crippen molar-refractivity contribution in [3.05, 3.63) is 0 Å². The highest BCUT2D eigenvalue weighted by molar-refractivity contribution is 5.79. The molecule has 1 saturated carbocycles. The van der Waals surface area contributed by atoms with Gasteiger partial charge in [0.25, 0.3) is 0 Å². The Morgan fingerprint density at radius 3 is 2.75 bits per heavy atom. The summed E-state index contributed by atoms with van der Waals surface area (Å²) in [5.74, 6) is 2.64. The Morgan fingerprint density at radius 1 is 1.56 bits per heavy atom. The first-order valence-electron chi connectivity index (χ1n) is 5.55. The zero-order valence-electron chi connectivity index (χ0n) is 9.66. The predicted octanol–water partition coefficient (Wildman–Crippen LogP) is 0.179. The van der Waals surface area contributed by atoms with Crippen LogP contribution in [-0.4, -0.2) is 42.8 Å². The summed E-state index contributed by atoms with van der Waals surface area (Å²) in [6, 6.07) is 0.342. The van der Waals surface area contributed by atoms with Crippen LogP contribution in [0.3, 0.4) is 0 Å². The summed E-state index contributed by atoms with van der Waals surface area (Å²) in [6.07, 6.45) is 8.05. The lowest BCUT2D eigenvalue weighted by Crippen LogP contribution is -2.42. The molecule has 0 heterocycles. The van der Waals surface area contributed by atoms with Crippen LogP contribution in [0, 0.1) is 12.3 Å². The van der Waals surface area contributed by atoms with Crippen LogP contribution in [0.15, 0.2) is 0 Å². The molecule has 0 saturated heterocycles. The third-order valence-electron chi connectivity index (χ3n) is 2.92. The monoisotopic (exact) mass is 222 g/mol. The summed E-state index contributed by atoms with van der Waals surface area (Å²) in [5, 5.41) is 2.63. The van der Waals surface area contributed by atoms with E-state index in [2.05, 4.69) is 11.2 Å². The van der Waals surface area contributed by atoms with Gasteiger partial charge in [-0.05, 0) is 19.9 Å². The fourth-order valence-electron chi connectivity index (χ4n) is 1.93. The fourth-order valence-corrected chi connectivity index (χ4v) is 1.93. The first kappa shape index (κ1) is 12.7. The molecule has 16 heavy (non-hydrogen) atoms. The number of terminal acetylenes is 1. The number of rotatable bonds is 4. The Kier molecular flexibility index (Phi) is 5.00. The molecule has 4 heteroatoms. The topological polar surface area (TPSA) is 49.4 Å². The quantitative estimate of drug-likeness (QED) is 0.690. The van der Waals surface area contributed by atoms with E-state index >= 15 is 0 Å². The van der Waals surface area contributed by atoms with Crippen LogP contribution in [0.25, 0.3) is 0 Å². The van der Waals surface area contributed by atoms with Crippen molar-refractivity contribution in [2.75, 3.05) is 20.1 Å². The lowest BCUT2D eigenvalue weighted by molar-refractivity contribution is -0.123. The predicted molar refractivity (Wildman–Crippen MR) is 61.7 cm³/mol. The second-order valence-corrected chi connectivity index (χ2v) is 4.17. The lowest BCUT2D eigenvalue weighted by Gasteiger charge is -2.29. The van der Waals surface area contributed by atoms with E-state index in [0.29, 0.717) is 31.2 Å². The average molecular weight is 222 g/mol. The zero-order valence-corrected chi connectivity index (χ0v) is 9.66. The molecule has 0 aromatic rings. The molecule has 1 N–H and O–H groups in total. The van der Waals surface area contributed by atoms with Crippen molar-refractivity contribution in [1.29, 1.82) is 0 Å². The Morgan fingerprint density at radius 2 is 2.19 bits per heavy atom. The molecule has 0 aliphatic heterocycles. The number of nitrogens with one attached hydrogen (secondary N) is 1. The molecule has 0 atom stereocenters. The van der Waals surface area contributed by atoms with Crippen LogP contribution < -0.4 is 5.32 Å². The Balaban J connectivity index is 2.29. The van der Waals surface area contributed by atoms with Gasteiger partial charge in [-0.15, -0.1) is 6.42 Å². The summed E-state index contributed by atoms with van der Waals surface area (Å²) in [7, 11) is 1.91. The smallest absolute Gasteiger partial charge is 0.234 e. The maximum absolute atomic E-state index is 11.4. The van der Waals surface area contributed by atoms with Crippen molar-refractivity contribution in [2.45, 2.75) is 31.7 Å². The number of likely N-dealkylation sites (N-methyl/N-ethyl adjacent to an activating group) is 1. The van der Waals surface area contributed by atoms with Gasteiger partial charge in [0.05, 0.1) is 13.1 Å². The number of ketones is 1. The summed E-state index contributed by atoms with van der Waals surface area (Å²) < 4.78 is 0.